The van der Waals surface area contributed by atoms with Crippen LogP contribution in [0.2, 0.25) is 0 Å². The fourth-order valence-corrected chi connectivity index (χ4v) is 9.22. The molecule has 0 saturated heterocycles. The van der Waals surface area contributed by atoms with Gasteiger partial charge in [0.05, 0.1) is 16.8 Å². The molecule has 0 fully saturated rings. The summed E-state index contributed by atoms with van der Waals surface area (Å²) in [5.74, 6) is 0.695. The quantitative estimate of drug-likeness (QED) is 0.163. The average molecular weight is 752 g/mol. The summed E-state index contributed by atoms with van der Waals surface area (Å²) in [6, 6.07) is 76.3. The minimum Gasteiger partial charge on any atom is -0.265 e. The average Bonchev–Trinajstić information content (AvgIpc) is 3.62. The molecule has 276 valence electrons. The highest BCUT2D eigenvalue weighted by molar-refractivity contribution is 6.05. The highest BCUT2D eigenvalue weighted by Gasteiger charge is 2.46. The van der Waals surface area contributed by atoms with Crippen molar-refractivity contribution in [3.63, 3.8) is 0 Å². The lowest BCUT2D eigenvalue weighted by Crippen LogP contribution is -2.28. The Balaban J connectivity index is 1.15. The van der Waals surface area contributed by atoms with Crippen molar-refractivity contribution < 1.29 is 0 Å². The van der Waals surface area contributed by atoms with Crippen LogP contribution in [-0.4, -0.2) is 15.0 Å². The number of hydrogen-bond acceptors (Lipinski definition) is 3. The molecule has 3 nitrogen and oxygen atoms in total. The van der Waals surface area contributed by atoms with Crippen molar-refractivity contribution >= 4 is 10.8 Å². The zero-order chi connectivity index (χ0) is 39.2. The first-order chi connectivity index (χ1) is 29.3. The van der Waals surface area contributed by atoms with Gasteiger partial charge in [-0.05, 0) is 96.7 Å². The lowest BCUT2D eigenvalue weighted by atomic mass is 9.67. The van der Waals surface area contributed by atoms with Crippen LogP contribution < -0.4 is 0 Å². The summed E-state index contributed by atoms with van der Waals surface area (Å²) in [5.41, 5.74) is 16.3. The highest BCUT2D eigenvalue weighted by Crippen LogP contribution is 2.57. The van der Waals surface area contributed by atoms with Crippen LogP contribution in [0.5, 0.6) is 0 Å². The monoisotopic (exact) mass is 751 g/mol. The highest BCUT2D eigenvalue weighted by atomic mass is 14.9. The summed E-state index contributed by atoms with van der Waals surface area (Å²) in [6.07, 6.45) is 3.73. The lowest BCUT2D eigenvalue weighted by molar-refractivity contribution is 0.769. The van der Waals surface area contributed by atoms with Crippen molar-refractivity contribution in [3.8, 4) is 67.3 Å². The predicted octanol–water partition coefficient (Wildman–Crippen LogP) is 13.7. The van der Waals surface area contributed by atoms with Crippen molar-refractivity contribution in [2.24, 2.45) is 0 Å². The summed E-state index contributed by atoms with van der Waals surface area (Å²) >= 11 is 0. The van der Waals surface area contributed by atoms with Crippen molar-refractivity contribution in [2.75, 3.05) is 0 Å². The maximum atomic E-state index is 5.26. The van der Waals surface area contributed by atoms with E-state index in [2.05, 4.69) is 205 Å². The van der Waals surface area contributed by atoms with Gasteiger partial charge in [-0.15, -0.1) is 0 Å². The number of benzene rings is 8. The number of rotatable bonds is 7. The number of aromatic nitrogens is 3. The van der Waals surface area contributed by atoms with Gasteiger partial charge in [-0.3, -0.25) is 4.98 Å². The van der Waals surface area contributed by atoms with Gasteiger partial charge in [0.25, 0.3) is 0 Å². The van der Waals surface area contributed by atoms with Crippen LogP contribution in [-0.2, 0) is 5.41 Å². The van der Waals surface area contributed by atoms with Gasteiger partial charge in [-0.25, -0.2) is 9.97 Å². The second-order valence-electron chi connectivity index (χ2n) is 15.1. The molecule has 0 saturated carbocycles. The zero-order valence-corrected chi connectivity index (χ0v) is 32.2. The van der Waals surface area contributed by atoms with Gasteiger partial charge in [0, 0.05) is 29.1 Å². The summed E-state index contributed by atoms with van der Waals surface area (Å²) in [5, 5.41) is 2.43. The van der Waals surface area contributed by atoms with E-state index in [0.717, 1.165) is 33.6 Å². The molecule has 2 heterocycles. The first kappa shape index (κ1) is 34.5. The number of hydrogen-bond donors (Lipinski definition) is 0. The Kier molecular flexibility index (Phi) is 8.37. The Morgan fingerprint density at radius 3 is 1.25 bits per heavy atom. The van der Waals surface area contributed by atoms with Crippen LogP contribution in [0.1, 0.15) is 22.3 Å². The first-order valence-corrected chi connectivity index (χ1v) is 20.1. The van der Waals surface area contributed by atoms with E-state index in [1.807, 2.05) is 24.5 Å². The SMILES string of the molecule is c1ccc(-c2cc(-c3ccccc3)nc(-c3ccc4c(c3)C(c3ccccc3)(c3ccccc3)c3cc(-c5ccc(-c6ccncc6)c6ccccc56)ccc3-4)n2)cc1. The Morgan fingerprint density at radius 1 is 0.305 bits per heavy atom. The predicted molar refractivity (Wildman–Crippen MR) is 242 cm³/mol. The van der Waals surface area contributed by atoms with Gasteiger partial charge >= 0.3 is 0 Å². The molecule has 0 unspecified atom stereocenters. The van der Waals surface area contributed by atoms with Crippen LogP contribution in [0, 0.1) is 0 Å². The van der Waals surface area contributed by atoms with Crippen molar-refractivity contribution in [1.82, 2.24) is 15.0 Å². The van der Waals surface area contributed by atoms with Gasteiger partial charge in [0.1, 0.15) is 0 Å². The van der Waals surface area contributed by atoms with Crippen LogP contribution in [0.4, 0.5) is 0 Å². The molecule has 0 amide bonds. The Morgan fingerprint density at radius 2 is 0.729 bits per heavy atom. The Hall–Kier alpha value is -7.75. The molecule has 59 heavy (non-hydrogen) atoms. The summed E-state index contributed by atoms with van der Waals surface area (Å²) < 4.78 is 0. The molecule has 0 N–H and O–H groups in total. The third-order valence-electron chi connectivity index (χ3n) is 11.9. The van der Waals surface area contributed by atoms with Gasteiger partial charge in [-0.1, -0.05) is 182 Å². The van der Waals surface area contributed by atoms with E-state index in [1.54, 1.807) is 0 Å². The van der Waals surface area contributed by atoms with Crippen LogP contribution in [0.25, 0.3) is 78.1 Å². The molecule has 2 aromatic heterocycles. The molecule has 3 heteroatoms. The molecule has 0 aliphatic heterocycles. The third kappa shape index (κ3) is 5.78. The van der Waals surface area contributed by atoms with E-state index < -0.39 is 5.41 Å². The molecule has 1 aliphatic carbocycles. The molecule has 10 aromatic rings. The fraction of sp³-hybridized carbons (Fsp3) is 0.0179. The van der Waals surface area contributed by atoms with E-state index in [0.29, 0.717) is 5.82 Å². The smallest absolute Gasteiger partial charge is 0.160 e. The van der Waals surface area contributed by atoms with Crippen LogP contribution >= 0.6 is 0 Å². The van der Waals surface area contributed by atoms with Gasteiger partial charge in [0.2, 0.25) is 0 Å². The molecule has 0 spiro atoms. The largest absolute Gasteiger partial charge is 0.265 e. The maximum absolute atomic E-state index is 5.26. The van der Waals surface area contributed by atoms with E-state index in [4.69, 9.17) is 9.97 Å². The minimum atomic E-state index is -0.620. The standard InChI is InChI=1S/C56H37N3/c1-5-15-39(16-6-1)53-37-54(40-17-7-2-8-18-40)59-55(58-53)42-26-28-50-49-27-25-41(46-30-29-45(38-31-33-57-34-32-38)47-23-13-14-24-48(46)47)35-51(49)56(52(50)36-42,43-19-9-3-10-20-43)44-21-11-4-12-22-44/h1-37H. The normalized spacial score (nSPS) is 12.5. The molecular formula is C56H37N3. The minimum absolute atomic E-state index is 0.620. The van der Waals surface area contributed by atoms with Crippen molar-refractivity contribution in [1.29, 1.82) is 0 Å². The third-order valence-corrected chi connectivity index (χ3v) is 11.9. The van der Waals surface area contributed by atoms with E-state index in [9.17, 15) is 0 Å². The summed E-state index contributed by atoms with van der Waals surface area (Å²) in [7, 11) is 0. The van der Waals surface area contributed by atoms with Gasteiger partial charge in [-0.2, -0.15) is 0 Å². The molecule has 11 rings (SSSR count). The molecule has 0 bridgehead atoms. The topological polar surface area (TPSA) is 38.7 Å². The van der Waals surface area contributed by atoms with Gasteiger partial charge < -0.3 is 0 Å². The molecule has 8 aromatic carbocycles. The lowest BCUT2D eigenvalue weighted by Gasteiger charge is -2.34. The number of nitrogens with zero attached hydrogens (tertiary/aromatic N) is 3. The fourth-order valence-electron chi connectivity index (χ4n) is 9.22. The maximum Gasteiger partial charge on any atom is 0.160 e. The first-order valence-electron chi connectivity index (χ1n) is 20.1. The number of pyridine rings is 1. The second-order valence-corrected chi connectivity index (χ2v) is 15.1. The van der Waals surface area contributed by atoms with Crippen molar-refractivity contribution in [2.45, 2.75) is 5.41 Å². The molecular weight excluding hydrogens is 715 g/mol. The molecule has 0 radical (unpaired) electrons. The Bertz CT molecular complexity index is 3030. The summed E-state index contributed by atoms with van der Waals surface area (Å²) in [6.45, 7) is 0. The van der Waals surface area contributed by atoms with Crippen LogP contribution in [0.3, 0.4) is 0 Å². The van der Waals surface area contributed by atoms with Crippen molar-refractivity contribution in [3.05, 3.63) is 247 Å². The molecule has 1 aliphatic rings. The van der Waals surface area contributed by atoms with E-state index in [1.165, 1.54) is 60.8 Å². The zero-order valence-electron chi connectivity index (χ0n) is 32.2. The van der Waals surface area contributed by atoms with E-state index >= 15 is 0 Å². The van der Waals surface area contributed by atoms with E-state index in [-0.39, 0.29) is 0 Å². The summed E-state index contributed by atoms with van der Waals surface area (Å²) in [4.78, 5) is 14.8. The molecule has 0 atom stereocenters. The second kappa shape index (κ2) is 14.3. The van der Waals surface area contributed by atoms with Crippen LogP contribution in [0.15, 0.2) is 225 Å². The number of fused-ring (bicyclic) bond motifs is 4. The van der Waals surface area contributed by atoms with Gasteiger partial charge in [0.15, 0.2) is 5.82 Å². The Labute approximate surface area is 344 Å².